The normalized spacial score (nSPS) is 7.64. The molecule has 0 fully saturated rings. The van der Waals surface area contributed by atoms with Crippen molar-refractivity contribution in [1.29, 1.82) is 0 Å². The van der Waals surface area contributed by atoms with Gasteiger partial charge in [0.25, 0.3) is 0 Å². The molecule has 11 heavy (non-hydrogen) atoms. The van der Waals surface area contributed by atoms with Gasteiger partial charge in [0.05, 0.1) is 6.73 Å². The van der Waals surface area contributed by atoms with Gasteiger partial charge in [-0.1, -0.05) is 27.7 Å². The summed E-state index contributed by atoms with van der Waals surface area (Å²) in [7, 11) is 3.96. The van der Waals surface area contributed by atoms with E-state index in [-0.39, 0.29) is 0 Å². The van der Waals surface area contributed by atoms with Gasteiger partial charge in [-0.25, -0.2) is 0 Å². The van der Waals surface area contributed by atoms with Gasteiger partial charge in [-0.15, -0.1) is 0 Å². The molecule has 0 radical (unpaired) electrons. The van der Waals surface area contributed by atoms with Crippen LogP contribution in [-0.4, -0.2) is 32.3 Å². The molecule has 2 heteroatoms. The standard InChI is InChI=1S/C5H13NO.2C2H6/c1-4-7-5-6(2)3;2*1-2/h4-5H2,1-3H3;2*1-2H3. The highest BCUT2D eigenvalue weighted by Crippen LogP contribution is 1.74. The molecule has 0 saturated carbocycles. The number of nitrogens with zero attached hydrogens (tertiary/aromatic N) is 1. The van der Waals surface area contributed by atoms with Crippen LogP contribution in [0.4, 0.5) is 0 Å². The number of hydrogen-bond donors (Lipinski definition) is 0. The SMILES string of the molecule is CC.CC.CCOCN(C)C. The third-order valence-corrected chi connectivity index (χ3v) is 0.554. The summed E-state index contributed by atoms with van der Waals surface area (Å²) in [5.41, 5.74) is 0. The average molecular weight is 163 g/mol. The second kappa shape index (κ2) is 22.5. The minimum absolute atomic E-state index is 0.733. The molecule has 0 saturated heterocycles. The topological polar surface area (TPSA) is 12.5 Å². The van der Waals surface area contributed by atoms with Crippen LogP contribution >= 0.6 is 0 Å². The molecule has 0 rings (SSSR count). The molecular weight excluding hydrogens is 138 g/mol. The maximum atomic E-state index is 5.02. The summed E-state index contributed by atoms with van der Waals surface area (Å²) in [5.74, 6) is 0. The first-order valence-electron chi connectivity index (χ1n) is 4.50. The molecule has 0 aliphatic rings. The van der Waals surface area contributed by atoms with Crippen molar-refractivity contribution in [3.63, 3.8) is 0 Å². The van der Waals surface area contributed by atoms with Crippen molar-refractivity contribution >= 4 is 0 Å². The van der Waals surface area contributed by atoms with Crippen molar-refractivity contribution in [2.45, 2.75) is 34.6 Å². The van der Waals surface area contributed by atoms with E-state index < -0.39 is 0 Å². The van der Waals surface area contributed by atoms with Crippen LogP contribution in [0.2, 0.25) is 0 Å². The molecule has 0 bridgehead atoms. The van der Waals surface area contributed by atoms with Gasteiger partial charge in [-0.05, 0) is 21.0 Å². The summed E-state index contributed by atoms with van der Waals surface area (Å²) in [5, 5.41) is 0. The lowest BCUT2D eigenvalue weighted by Gasteiger charge is -2.07. The van der Waals surface area contributed by atoms with E-state index in [9.17, 15) is 0 Å². The molecule has 0 N–H and O–H groups in total. The highest BCUT2D eigenvalue weighted by molar-refractivity contribution is 4.23. The van der Waals surface area contributed by atoms with Crippen molar-refractivity contribution in [3.05, 3.63) is 0 Å². The maximum Gasteiger partial charge on any atom is 0.0985 e. The van der Waals surface area contributed by atoms with Crippen LogP contribution in [0.15, 0.2) is 0 Å². The molecule has 2 nitrogen and oxygen atoms in total. The molecule has 0 aromatic rings. The average Bonchev–Trinajstić information content (AvgIpc) is 2.08. The molecule has 0 aromatic carbocycles. The smallest absolute Gasteiger partial charge is 0.0985 e. The first-order valence-corrected chi connectivity index (χ1v) is 4.50. The number of ether oxygens (including phenoxy) is 1. The lowest BCUT2D eigenvalue weighted by Crippen LogP contribution is -2.15. The Morgan fingerprint density at radius 1 is 1.00 bits per heavy atom. The van der Waals surface area contributed by atoms with Gasteiger partial charge in [0, 0.05) is 6.61 Å². The van der Waals surface area contributed by atoms with Crippen LogP contribution in [0.5, 0.6) is 0 Å². The lowest BCUT2D eigenvalue weighted by molar-refractivity contribution is 0.0650. The van der Waals surface area contributed by atoms with Gasteiger partial charge in [0.15, 0.2) is 0 Å². The summed E-state index contributed by atoms with van der Waals surface area (Å²) >= 11 is 0. The van der Waals surface area contributed by atoms with E-state index in [4.69, 9.17) is 4.74 Å². The van der Waals surface area contributed by atoms with Crippen LogP contribution in [-0.2, 0) is 4.74 Å². The van der Waals surface area contributed by atoms with Crippen molar-refractivity contribution < 1.29 is 4.74 Å². The van der Waals surface area contributed by atoms with Crippen LogP contribution in [0.25, 0.3) is 0 Å². The van der Waals surface area contributed by atoms with Crippen LogP contribution < -0.4 is 0 Å². The Bertz CT molecular complexity index is 38.5. The Morgan fingerprint density at radius 2 is 1.36 bits per heavy atom. The second-order valence-corrected chi connectivity index (χ2v) is 1.70. The minimum atomic E-state index is 0.733. The van der Waals surface area contributed by atoms with Crippen molar-refractivity contribution in [1.82, 2.24) is 4.90 Å². The Hall–Kier alpha value is -0.0800. The van der Waals surface area contributed by atoms with E-state index in [0.717, 1.165) is 13.3 Å². The number of rotatable bonds is 3. The quantitative estimate of drug-likeness (QED) is 0.593. The predicted molar refractivity (Wildman–Crippen MR) is 52.9 cm³/mol. The zero-order valence-corrected chi connectivity index (χ0v) is 9.27. The summed E-state index contributed by atoms with van der Waals surface area (Å²) in [6.07, 6.45) is 0. The van der Waals surface area contributed by atoms with E-state index in [1.807, 2.05) is 53.6 Å². The highest BCUT2D eigenvalue weighted by atomic mass is 16.5. The van der Waals surface area contributed by atoms with Crippen molar-refractivity contribution in [2.24, 2.45) is 0 Å². The molecular formula is C9H25NO. The zero-order chi connectivity index (χ0) is 9.70. The van der Waals surface area contributed by atoms with E-state index >= 15 is 0 Å². The van der Waals surface area contributed by atoms with Gasteiger partial charge >= 0.3 is 0 Å². The molecule has 0 atom stereocenters. The van der Waals surface area contributed by atoms with E-state index in [2.05, 4.69) is 0 Å². The van der Waals surface area contributed by atoms with E-state index in [1.54, 1.807) is 0 Å². The third-order valence-electron chi connectivity index (χ3n) is 0.554. The number of hydrogen-bond acceptors (Lipinski definition) is 2. The Kier molecular flexibility index (Phi) is 35.1. The van der Waals surface area contributed by atoms with E-state index in [0.29, 0.717) is 0 Å². The minimum Gasteiger partial charge on any atom is -0.366 e. The molecule has 0 aliphatic heterocycles. The van der Waals surface area contributed by atoms with E-state index in [1.165, 1.54) is 0 Å². The molecule has 0 amide bonds. The van der Waals surface area contributed by atoms with Crippen molar-refractivity contribution in [2.75, 3.05) is 27.4 Å². The van der Waals surface area contributed by atoms with Gasteiger partial charge in [-0.3, -0.25) is 4.90 Å². The van der Waals surface area contributed by atoms with Gasteiger partial charge in [-0.2, -0.15) is 0 Å². The molecule has 0 aliphatic carbocycles. The van der Waals surface area contributed by atoms with Gasteiger partial charge in [0.1, 0.15) is 0 Å². The summed E-state index contributed by atoms with van der Waals surface area (Å²) < 4.78 is 5.02. The molecule has 0 heterocycles. The van der Waals surface area contributed by atoms with Gasteiger partial charge < -0.3 is 4.74 Å². The van der Waals surface area contributed by atoms with Gasteiger partial charge in [0.2, 0.25) is 0 Å². The van der Waals surface area contributed by atoms with Crippen LogP contribution in [0.3, 0.4) is 0 Å². The first-order chi connectivity index (χ1) is 5.27. The summed E-state index contributed by atoms with van der Waals surface area (Å²) in [4.78, 5) is 1.99. The predicted octanol–water partition coefficient (Wildman–Crippen LogP) is 2.59. The second-order valence-electron chi connectivity index (χ2n) is 1.70. The largest absolute Gasteiger partial charge is 0.366 e. The lowest BCUT2D eigenvalue weighted by atomic mass is 10.8. The highest BCUT2D eigenvalue weighted by Gasteiger charge is 1.82. The molecule has 0 unspecified atom stereocenters. The molecule has 72 valence electrons. The summed E-state index contributed by atoms with van der Waals surface area (Å²) in [6, 6.07) is 0. The fourth-order valence-electron chi connectivity index (χ4n) is 0.274. The fourth-order valence-corrected chi connectivity index (χ4v) is 0.274. The van der Waals surface area contributed by atoms with Crippen LogP contribution in [0, 0.1) is 0 Å². The molecule has 0 aromatic heterocycles. The maximum absolute atomic E-state index is 5.02. The summed E-state index contributed by atoms with van der Waals surface area (Å²) in [6.45, 7) is 11.5. The Morgan fingerprint density at radius 3 is 1.45 bits per heavy atom. The monoisotopic (exact) mass is 163 g/mol. The van der Waals surface area contributed by atoms with Crippen molar-refractivity contribution in [3.8, 4) is 0 Å². The fraction of sp³-hybridized carbons (Fsp3) is 1.00. The first kappa shape index (κ1) is 17.1. The Labute approximate surface area is 72.5 Å². The zero-order valence-electron chi connectivity index (χ0n) is 9.27. The Balaban J connectivity index is -0.000000138. The molecule has 0 spiro atoms. The van der Waals surface area contributed by atoms with Crippen LogP contribution in [0.1, 0.15) is 34.6 Å². The third kappa shape index (κ3) is 40.5.